The molecule has 186 valence electrons. The minimum absolute atomic E-state index is 0.0431. The van der Waals surface area contributed by atoms with E-state index in [1.54, 1.807) is 4.90 Å². The number of piperidine rings is 1. The molecule has 2 unspecified atom stereocenters. The van der Waals surface area contributed by atoms with Gasteiger partial charge in [-0.15, -0.1) is 0 Å². The number of amides is 2. The normalized spacial score (nSPS) is 18.4. The van der Waals surface area contributed by atoms with Crippen LogP contribution in [-0.2, 0) is 14.3 Å². The van der Waals surface area contributed by atoms with Gasteiger partial charge in [-0.2, -0.15) is 0 Å². The van der Waals surface area contributed by atoms with Crippen LogP contribution < -0.4 is 5.32 Å². The summed E-state index contributed by atoms with van der Waals surface area (Å²) in [5, 5.41) is 11.9. The molecule has 1 fully saturated rings. The molecule has 2 aromatic rings. The molecule has 7 nitrogen and oxygen atoms in total. The fraction of sp³-hybridized carbons (Fsp3) is 0.464. The van der Waals surface area contributed by atoms with Gasteiger partial charge in [-0.25, -0.2) is 4.79 Å². The first-order valence-electron chi connectivity index (χ1n) is 12.3. The van der Waals surface area contributed by atoms with Gasteiger partial charge in [-0.05, 0) is 46.4 Å². The molecule has 2 amide bonds. The Morgan fingerprint density at radius 3 is 2.23 bits per heavy atom. The van der Waals surface area contributed by atoms with Crippen LogP contribution in [0.25, 0.3) is 11.1 Å². The van der Waals surface area contributed by atoms with Gasteiger partial charge in [0.15, 0.2) is 0 Å². The first-order valence-corrected chi connectivity index (χ1v) is 12.3. The Balaban J connectivity index is 1.42. The molecule has 1 aliphatic heterocycles. The summed E-state index contributed by atoms with van der Waals surface area (Å²) >= 11 is 0. The number of nitrogens with one attached hydrogen (secondary N) is 1. The molecule has 0 radical (unpaired) electrons. The summed E-state index contributed by atoms with van der Waals surface area (Å²) in [6.45, 7) is 7.67. The van der Waals surface area contributed by atoms with Gasteiger partial charge in [0.2, 0.25) is 5.91 Å². The van der Waals surface area contributed by atoms with E-state index in [-0.39, 0.29) is 23.8 Å². The zero-order valence-electron chi connectivity index (χ0n) is 20.6. The summed E-state index contributed by atoms with van der Waals surface area (Å²) in [5.41, 5.74) is 4.45. The van der Waals surface area contributed by atoms with Crippen LogP contribution in [-0.4, -0.2) is 53.7 Å². The molecule has 0 saturated carbocycles. The van der Waals surface area contributed by atoms with Gasteiger partial charge in [0.25, 0.3) is 0 Å². The number of benzene rings is 2. The van der Waals surface area contributed by atoms with E-state index >= 15 is 0 Å². The number of hydrogen-bond donors (Lipinski definition) is 2. The minimum atomic E-state index is -1.16. The summed E-state index contributed by atoms with van der Waals surface area (Å²) in [6.07, 6.45) is 0.616. The minimum Gasteiger partial charge on any atom is -0.481 e. The highest BCUT2D eigenvalue weighted by Gasteiger charge is 2.36. The molecule has 0 bridgehead atoms. The number of rotatable bonds is 6. The van der Waals surface area contributed by atoms with E-state index in [1.165, 1.54) is 0 Å². The second-order valence-corrected chi connectivity index (χ2v) is 10.6. The molecule has 2 aromatic carbocycles. The molecule has 2 aliphatic rings. The maximum Gasteiger partial charge on any atom is 0.407 e. The summed E-state index contributed by atoms with van der Waals surface area (Å²) in [6, 6.07) is 14.9. The first kappa shape index (κ1) is 24.8. The lowest BCUT2D eigenvalue weighted by Crippen LogP contribution is -2.53. The number of alkyl carbamates (subject to hydrolysis) is 1. The third-order valence-corrected chi connectivity index (χ3v) is 7.27. The molecular formula is C28H34N2O5. The molecule has 1 aliphatic carbocycles. The predicted molar refractivity (Wildman–Crippen MR) is 133 cm³/mol. The van der Waals surface area contributed by atoms with E-state index in [0.717, 1.165) is 35.1 Å². The number of hydrogen-bond acceptors (Lipinski definition) is 4. The van der Waals surface area contributed by atoms with Gasteiger partial charge in [-0.3, -0.25) is 9.59 Å². The van der Waals surface area contributed by atoms with Gasteiger partial charge >= 0.3 is 12.1 Å². The number of carbonyl (C=O) groups excluding carboxylic acids is 2. The zero-order valence-corrected chi connectivity index (χ0v) is 20.6. The highest BCUT2D eigenvalue weighted by molar-refractivity contribution is 5.89. The molecular weight excluding hydrogens is 444 g/mol. The first-order chi connectivity index (χ1) is 16.6. The van der Waals surface area contributed by atoms with Crippen LogP contribution in [0.2, 0.25) is 0 Å². The molecule has 35 heavy (non-hydrogen) atoms. The lowest BCUT2D eigenvalue weighted by atomic mass is 9.76. The molecule has 7 heteroatoms. The topological polar surface area (TPSA) is 95.9 Å². The number of carbonyl (C=O) groups is 3. The predicted octanol–water partition coefficient (Wildman–Crippen LogP) is 4.65. The van der Waals surface area contributed by atoms with Crippen LogP contribution in [0, 0.1) is 11.3 Å². The van der Waals surface area contributed by atoms with Gasteiger partial charge in [-0.1, -0.05) is 69.3 Å². The molecule has 1 heterocycles. The number of nitrogens with zero attached hydrogens (tertiary/aromatic N) is 1. The molecule has 0 aromatic heterocycles. The van der Waals surface area contributed by atoms with E-state index in [4.69, 9.17) is 4.74 Å². The highest BCUT2D eigenvalue weighted by atomic mass is 16.5. The lowest BCUT2D eigenvalue weighted by Gasteiger charge is -2.40. The second kappa shape index (κ2) is 10.1. The maximum absolute atomic E-state index is 13.2. The summed E-state index contributed by atoms with van der Waals surface area (Å²) in [5.74, 6) is -1.31. The second-order valence-electron chi connectivity index (χ2n) is 10.6. The van der Waals surface area contributed by atoms with Crippen LogP contribution in [0.3, 0.4) is 0 Å². The summed E-state index contributed by atoms with van der Waals surface area (Å²) in [4.78, 5) is 39.1. The van der Waals surface area contributed by atoms with E-state index < -0.39 is 24.5 Å². The van der Waals surface area contributed by atoms with Gasteiger partial charge in [0, 0.05) is 19.0 Å². The third-order valence-electron chi connectivity index (χ3n) is 7.27. The van der Waals surface area contributed by atoms with Crippen LogP contribution in [0.5, 0.6) is 0 Å². The largest absolute Gasteiger partial charge is 0.481 e. The third kappa shape index (κ3) is 5.50. The van der Waals surface area contributed by atoms with E-state index in [2.05, 4.69) is 38.2 Å². The van der Waals surface area contributed by atoms with Crippen molar-refractivity contribution in [3.05, 3.63) is 59.7 Å². The van der Waals surface area contributed by atoms with Gasteiger partial charge in [0.05, 0.1) is 6.42 Å². The monoisotopic (exact) mass is 478 g/mol. The molecule has 2 N–H and O–H groups in total. The van der Waals surface area contributed by atoms with Crippen molar-refractivity contribution < 1.29 is 24.2 Å². The average Bonchev–Trinajstić information content (AvgIpc) is 3.15. The number of likely N-dealkylation sites (tertiary alicyclic amines) is 1. The Kier molecular flexibility index (Phi) is 7.15. The van der Waals surface area contributed by atoms with Gasteiger partial charge < -0.3 is 20.1 Å². The quantitative estimate of drug-likeness (QED) is 0.630. The Labute approximate surface area is 206 Å². The number of ether oxygens (including phenoxy) is 1. The number of carboxylic acids is 1. The van der Waals surface area contributed by atoms with Gasteiger partial charge in [0.1, 0.15) is 12.6 Å². The van der Waals surface area contributed by atoms with Crippen LogP contribution >= 0.6 is 0 Å². The highest BCUT2D eigenvalue weighted by Crippen LogP contribution is 2.44. The van der Waals surface area contributed by atoms with Crippen molar-refractivity contribution in [3.63, 3.8) is 0 Å². The Hall–Kier alpha value is -3.35. The lowest BCUT2D eigenvalue weighted by molar-refractivity contribution is -0.143. The Bertz CT molecular complexity index is 1060. The number of fused-ring (bicyclic) bond motifs is 3. The Morgan fingerprint density at radius 2 is 1.66 bits per heavy atom. The van der Waals surface area contributed by atoms with Crippen molar-refractivity contribution in [2.24, 2.45) is 11.3 Å². The van der Waals surface area contributed by atoms with E-state index in [0.29, 0.717) is 19.0 Å². The fourth-order valence-electron chi connectivity index (χ4n) is 5.26. The van der Waals surface area contributed by atoms with Crippen molar-refractivity contribution in [3.8, 4) is 11.1 Å². The Morgan fingerprint density at radius 1 is 1.06 bits per heavy atom. The van der Waals surface area contributed by atoms with Crippen molar-refractivity contribution in [2.45, 2.75) is 52.0 Å². The fourth-order valence-corrected chi connectivity index (χ4v) is 5.26. The molecule has 1 saturated heterocycles. The van der Waals surface area contributed by atoms with Crippen LogP contribution in [0.1, 0.15) is 57.1 Å². The zero-order chi connectivity index (χ0) is 25.2. The van der Waals surface area contributed by atoms with E-state index in [1.807, 2.05) is 36.4 Å². The standard InChI is InChI=1S/C28H34N2O5/c1-28(2,3)18-9-8-14-30(16-18)26(33)24(15-25(31)32)29-27(34)35-17-23-21-12-6-4-10-19(21)20-11-5-7-13-22(20)23/h4-7,10-13,18,23-24H,8-9,14-17H2,1-3H3,(H,29,34)(H,31,32). The SMILES string of the molecule is CC(C)(C)C1CCCN(C(=O)C(CC(=O)O)NC(=O)OCC2c3ccccc3-c3ccccc32)C1. The van der Waals surface area contributed by atoms with E-state index in [9.17, 15) is 19.5 Å². The smallest absolute Gasteiger partial charge is 0.407 e. The summed E-state index contributed by atoms with van der Waals surface area (Å²) < 4.78 is 5.55. The van der Waals surface area contributed by atoms with Crippen molar-refractivity contribution >= 4 is 18.0 Å². The summed E-state index contributed by atoms with van der Waals surface area (Å²) in [7, 11) is 0. The molecule has 2 atom stereocenters. The average molecular weight is 479 g/mol. The van der Waals surface area contributed by atoms with Crippen molar-refractivity contribution in [1.29, 1.82) is 0 Å². The molecule has 4 rings (SSSR count). The number of aliphatic carboxylic acids is 1. The van der Waals surface area contributed by atoms with Crippen molar-refractivity contribution in [2.75, 3.05) is 19.7 Å². The molecule has 0 spiro atoms. The number of carboxylic acid groups (broad SMARTS) is 1. The maximum atomic E-state index is 13.2. The van der Waals surface area contributed by atoms with Crippen LogP contribution in [0.4, 0.5) is 4.79 Å². The van der Waals surface area contributed by atoms with Crippen molar-refractivity contribution in [1.82, 2.24) is 10.2 Å². The van der Waals surface area contributed by atoms with Crippen LogP contribution in [0.15, 0.2) is 48.5 Å².